The molecule has 3 heterocycles. The van der Waals surface area contributed by atoms with E-state index in [0.29, 0.717) is 45.6 Å². The molecule has 0 aromatic heterocycles. The minimum Gasteiger partial charge on any atom is -0.372 e. The number of carbonyl (C=O) groups excluding carboxylic acids is 3. The molecule has 3 saturated heterocycles. The third kappa shape index (κ3) is 4.76. The van der Waals surface area contributed by atoms with Gasteiger partial charge in [0, 0.05) is 50.7 Å². The Kier molecular flexibility index (Phi) is 6.32. The van der Waals surface area contributed by atoms with Crippen molar-refractivity contribution in [2.24, 2.45) is 11.8 Å². The topological polar surface area (TPSA) is 70.2 Å². The van der Waals surface area contributed by atoms with Gasteiger partial charge in [0.15, 0.2) is 0 Å². The number of hydrogen-bond acceptors (Lipinski definition) is 4. The van der Waals surface area contributed by atoms with Gasteiger partial charge in [0.2, 0.25) is 17.7 Å². The summed E-state index contributed by atoms with van der Waals surface area (Å²) in [6, 6.07) is 7.83. The van der Waals surface area contributed by atoms with E-state index in [2.05, 4.69) is 0 Å². The van der Waals surface area contributed by atoms with E-state index in [1.165, 1.54) is 0 Å². The summed E-state index contributed by atoms with van der Waals surface area (Å²) in [5, 5.41) is 0. The smallest absolute Gasteiger partial charge is 0.228 e. The van der Waals surface area contributed by atoms with Gasteiger partial charge in [-0.15, -0.1) is 0 Å². The molecule has 7 heteroatoms. The van der Waals surface area contributed by atoms with E-state index in [0.717, 1.165) is 11.3 Å². The fourth-order valence-electron chi connectivity index (χ4n) is 5.07. The lowest BCUT2D eigenvalue weighted by molar-refractivity contribution is -0.150. The van der Waals surface area contributed by atoms with E-state index in [1.54, 1.807) is 4.90 Å². The third-order valence-corrected chi connectivity index (χ3v) is 6.71. The van der Waals surface area contributed by atoms with E-state index in [9.17, 15) is 14.4 Å². The second-order valence-corrected chi connectivity index (χ2v) is 9.34. The Morgan fingerprint density at radius 3 is 2.06 bits per heavy atom. The molecule has 3 amide bonds. The van der Waals surface area contributed by atoms with Gasteiger partial charge in [-0.2, -0.15) is 0 Å². The highest BCUT2D eigenvalue weighted by Crippen LogP contribution is 2.29. The highest BCUT2D eigenvalue weighted by atomic mass is 16.5. The molecule has 0 N–H and O–H groups in total. The van der Waals surface area contributed by atoms with Crippen LogP contribution in [0.15, 0.2) is 24.3 Å². The first-order valence-corrected chi connectivity index (χ1v) is 11.4. The second kappa shape index (κ2) is 8.99. The van der Waals surface area contributed by atoms with Gasteiger partial charge < -0.3 is 19.4 Å². The minimum atomic E-state index is -0.304. The molecule has 0 radical (unpaired) electrons. The van der Waals surface area contributed by atoms with Gasteiger partial charge in [-0.3, -0.25) is 14.4 Å². The molecule has 3 atom stereocenters. The van der Waals surface area contributed by atoms with Crippen LogP contribution in [-0.2, 0) is 19.1 Å². The fraction of sp³-hybridized carbons (Fsp3) is 0.625. The van der Waals surface area contributed by atoms with Crippen molar-refractivity contribution >= 4 is 23.4 Å². The van der Waals surface area contributed by atoms with Crippen molar-refractivity contribution in [1.82, 2.24) is 9.80 Å². The molecule has 3 unspecified atom stereocenters. The van der Waals surface area contributed by atoms with Gasteiger partial charge in [0.1, 0.15) is 0 Å². The summed E-state index contributed by atoms with van der Waals surface area (Å²) in [7, 11) is 0. The molecule has 0 bridgehead atoms. The normalized spacial score (nSPS) is 27.6. The SMILES string of the molecule is Cc1ccc(N2CC(C(=O)N3CCC(C(=O)N4CC(C)OC(C)C4)CC3)CC2=O)cc1. The summed E-state index contributed by atoms with van der Waals surface area (Å²) in [5.41, 5.74) is 1.99. The average molecular weight is 428 g/mol. The lowest BCUT2D eigenvalue weighted by Gasteiger charge is -2.39. The van der Waals surface area contributed by atoms with Crippen molar-refractivity contribution in [3.63, 3.8) is 0 Å². The molecule has 7 nitrogen and oxygen atoms in total. The molecular formula is C24H33N3O4. The van der Waals surface area contributed by atoms with Crippen molar-refractivity contribution in [1.29, 1.82) is 0 Å². The van der Waals surface area contributed by atoms with Gasteiger partial charge in [-0.25, -0.2) is 0 Å². The monoisotopic (exact) mass is 427 g/mol. The Bertz CT molecular complexity index is 822. The van der Waals surface area contributed by atoms with Crippen LogP contribution >= 0.6 is 0 Å². The van der Waals surface area contributed by atoms with Gasteiger partial charge in [-0.05, 0) is 45.7 Å². The predicted molar refractivity (Wildman–Crippen MR) is 118 cm³/mol. The maximum atomic E-state index is 13.1. The molecule has 0 saturated carbocycles. The van der Waals surface area contributed by atoms with Gasteiger partial charge in [0.05, 0.1) is 18.1 Å². The van der Waals surface area contributed by atoms with E-state index in [-0.39, 0.29) is 48.2 Å². The number of amides is 3. The van der Waals surface area contributed by atoms with Crippen LogP contribution in [0.25, 0.3) is 0 Å². The summed E-state index contributed by atoms with van der Waals surface area (Å²) < 4.78 is 5.74. The largest absolute Gasteiger partial charge is 0.372 e. The van der Waals surface area contributed by atoms with Crippen LogP contribution in [0.3, 0.4) is 0 Å². The number of morpholine rings is 1. The number of anilines is 1. The number of nitrogens with zero attached hydrogens (tertiary/aromatic N) is 3. The summed E-state index contributed by atoms with van der Waals surface area (Å²) in [6.07, 6.45) is 1.76. The number of piperidine rings is 1. The number of rotatable bonds is 3. The first kappa shape index (κ1) is 21.8. The lowest BCUT2D eigenvalue weighted by atomic mass is 9.93. The zero-order valence-corrected chi connectivity index (χ0v) is 18.8. The molecule has 1 aromatic rings. The van der Waals surface area contributed by atoms with Gasteiger partial charge in [-0.1, -0.05) is 17.7 Å². The van der Waals surface area contributed by atoms with Crippen molar-refractivity contribution in [2.45, 2.75) is 52.2 Å². The Balaban J connectivity index is 1.31. The number of benzene rings is 1. The van der Waals surface area contributed by atoms with Crippen molar-refractivity contribution in [2.75, 3.05) is 37.6 Å². The van der Waals surface area contributed by atoms with Crippen LogP contribution in [0.1, 0.15) is 38.7 Å². The zero-order chi connectivity index (χ0) is 22.1. The summed E-state index contributed by atoms with van der Waals surface area (Å²) in [5.74, 6) is -0.0983. The molecule has 0 spiro atoms. The number of ether oxygens (including phenoxy) is 1. The fourth-order valence-corrected chi connectivity index (χ4v) is 5.07. The number of likely N-dealkylation sites (tertiary alicyclic amines) is 1. The molecular weight excluding hydrogens is 394 g/mol. The Labute approximate surface area is 184 Å². The van der Waals surface area contributed by atoms with Crippen LogP contribution in [0, 0.1) is 18.8 Å². The zero-order valence-electron chi connectivity index (χ0n) is 18.8. The Hall–Kier alpha value is -2.41. The number of aryl methyl sites for hydroxylation is 1. The van der Waals surface area contributed by atoms with E-state index in [4.69, 9.17) is 4.74 Å². The van der Waals surface area contributed by atoms with E-state index >= 15 is 0 Å². The molecule has 31 heavy (non-hydrogen) atoms. The minimum absolute atomic E-state index is 0.00261. The number of carbonyl (C=O) groups is 3. The van der Waals surface area contributed by atoms with Crippen LogP contribution in [0.2, 0.25) is 0 Å². The standard InChI is InChI=1S/C24H33N3O4/c1-16-4-6-21(7-5-16)27-15-20(12-22(27)28)24(30)25-10-8-19(9-11-25)23(29)26-13-17(2)31-18(3)14-26/h4-7,17-20H,8-15H2,1-3H3. The first-order valence-electron chi connectivity index (χ1n) is 11.4. The molecule has 4 rings (SSSR count). The van der Waals surface area contributed by atoms with Crippen molar-refractivity contribution < 1.29 is 19.1 Å². The number of hydrogen-bond donors (Lipinski definition) is 0. The third-order valence-electron chi connectivity index (χ3n) is 6.71. The van der Waals surface area contributed by atoms with Crippen LogP contribution in [0.5, 0.6) is 0 Å². The highest BCUT2D eigenvalue weighted by Gasteiger charge is 2.39. The Morgan fingerprint density at radius 2 is 1.45 bits per heavy atom. The van der Waals surface area contributed by atoms with Crippen LogP contribution in [0.4, 0.5) is 5.69 Å². The molecule has 3 fully saturated rings. The van der Waals surface area contributed by atoms with E-state index in [1.807, 2.05) is 54.8 Å². The molecule has 0 aliphatic carbocycles. The lowest BCUT2D eigenvalue weighted by Crippen LogP contribution is -2.52. The van der Waals surface area contributed by atoms with E-state index < -0.39 is 0 Å². The summed E-state index contributed by atoms with van der Waals surface area (Å²) >= 11 is 0. The van der Waals surface area contributed by atoms with Crippen molar-refractivity contribution in [3.05, 3.63) is 29.8 Å². The predicted octanol–water partition coefficient (Wildman–Crippen LogP) is 2.22. The van der Waals surface area contributed by atoms with Gasteiger partial charge >= 0.3 is 0 Å². The second-order valence-electron chi connectivity index (χ2n) is 9.34. The average Bonchev–Trinajstić information content (AvgIpc) is 3.14. The van der Waals surface area contributed by atoms with Gasteiger partial charge in [0.25, 0.3) is 0 Å². The summed E-state index contributed by atoms with van der Waals surface area (Å²) in [4.78, 5) is 44.1. The summed E-state index contributed by atoms with van der Waals surface area (Å²) in [6.45, 7) is 8.89. The quantitative estimate of drug-likeness (QED) is 0.742. The molecule has 1 aromatic carbocycles. The van der Waals surface area contributed by atoms with Crippen molar-refractivity contribution in [3.8, 4) is 0 Å². The molecule has 3 aliphatic heterocycles. The highest BCUT2D eigenvalue weighted by molar-refractivity contribution is 6.00. The maximum absolute atomic E-state index is 13.1. The van der Waals surface area contributed by atoms with Crippen LogP contribution < -0.4 is 4.90 Å². The first-order chi connectivity index (χ1) is 14.8. The van der Waals surface area contributed by atoms with Crippen LogP contribution in [-0.4, -0.2) is 72.5 Å². The Morgan fingerprint density at radius 1 is 0.871 bits per heavy atom. The molecule has 3 aliphatic rings. The molecule has 168 valence electrons. The maximum Gasteiger partial charge on any atom is 0.228 e.